The van der Waals surface area contributed by atoms with Gasteiger partial charge in [-0.1, -0.05) is 6.07 Å². The van der Waals surface area contributed by atoms with Gasteiger partial charge in [-0.15, -0.1) is 0 Å². The van der Waals surface area contributed by atoms with Crippen molar-refractivity contribution in [3.05, 3.63) is 69.9 Å². The van der Waals surface area contributed by atoms with Gasteiger partial charge in [0.15, 0.2) is 11.2 Å². The van der Waals surface area contributed by atoms with Crippen LogP contribution in [-0.4, -0.2) is 41.0 Å². The average Bonchev–Trinajstić information content (AvgIpc) is 3.40. The molecule has 31 heavy (non-hydrogen) atoms. The molecule has 0 radical (unpaired) electrons. The number of hydrogen-bond donors (Lipinski definition) is 1. The number of nitrogens with one attached hydrogen (secondary N) is 1. The molecule has 0 spiro atoms. The maximum absolute atomic E-state index is 12.7. The lowest BCUT2D eigenvalue weighted by Crippen LogP contribution is -2.42. The van der Waals surface area contributed by atoms with Gasteiger partial charge in [0, 0.05) is 38.2 Å². The van der Waals surface area contributed by atoms with Gasteiger partial charge in [0.05, 0.1) is 12.9 Å². The molecule has 11 heteroatoms. The van der Waals surface area contributed by atoms with E-state index in [1.165, 1.54) is 22.5 Å². The number of anilines is 1. The highest BCUT2D eigenvalue weighted by molar-refractivity contribution is 5.90. The van der Waals surface area contributed by atoms with E-state index in [0.29, 0.717) is 24.6 Å². The number of nitrogens with zero attached hydrogens (tertiary/aromatic N) is 6. The van der Waals surface area contributed by atoms with Gasteiger partial charge in [-0.2, -0.15) is 5.10 Å². The Labute approximate surface area is 176 Å². The van der Waals surface area contributed by atoms with Crippen LogP contribution in [0.25, 0.3) is 11.2 Å². The fraction of sp³-hybridized carbons (Fsp3) is 0.250. The Morgan fingerprint density at radius 2 is 2.03 bits per heavy atom. The minimum atomic E-state index is -0.609. The van der Waals surface area contributed by atoms with Crippen LogP contribution in [0.3, 0.4) is 0 Å². The largest absolute Gasteiger partial charge is 0.492 e. The molecule has 0 unspecified atom stereocenters. The highest BCUT2D eigenvalue weighted by Gasteiger charge is 2.17. The molecule has 160 valence electrons. The molecule has 0 fully saturated rings. The summed E-state index contributed by atoms with van der Waals surface area (Å²) in [4.78, 5) is 41.9. The standard InChI is InChI=1S/C20H21N7O4/c1-24-13-21-18-17(24)19(29)27(20(30)25(18)2)12-16(28)23-14-5-3-6-15(11-14)31-10-9-26-8-4-7-22-26/h3-8,11,13H,9-10,12H2,1-2H3,(H,23,28). The van der Waals surface area contributed by atoms with E-state index in [4.69, 9.17) is 4.74 Å². The molecule has 0 aliphatic heterocycles. The lowest BCUT2D eigenvalue weighted by Gasteiger charge is -2.11. The van der Waals surface area contributed by atoms with E-state index in [1.807, 2.05) is 12.3 Å². The summed E-state index contributed by atoms with van der Waals surface area (Å²) in [5.74, 6) is 0.0729. The Bertz CT molecular complexity index is 1350. The van der Waals surface area contributed by atoms with Crippen LogP contribution in [0, 0.1) is 0 Å². The Hall–Kier alpha value is -4.15. The lowest BCUT2D eigenvalue weighted by molar-refractivity contribution is -0.116. The average molecular weight is 423 g/mol. The van der Waals surface area contributed by atoms with Crippen LogP contribution in [0.1, 0.15) is 0 Å². The normalized spacial score (nSPS) is 11.0. The van der Waals surface area contributed by atoms with E-state index >= 15 is 0 Å². The molecule has 11 nitrogen and oxygen atoms in total. The summed E-state index contributed by atoms with van der Waals surface area (Å²) in [5, 5.41) is 6.80. The number of carbonyl (C=O) groups excluding carboxylic acids is 1. The summed E-state index contributed by atoms with van der Waals surface area (Å²) >= 11 is 0. The van der Waals surface area contributed by atoms with Gasteiger partial charge in [0.2, 0.25) is 5.91 Å². The van der Waals surface area contributed by atoms with Crippen LogP contribution in [0.4, 0.5) is 5.69 Å². The van der Waals surface area contributed by atoms with Crippen LogP contribution < -0.4 is 21.3 Å². The van der Waals surface area contributed by atoms with Gasteiger partial charge in [-0.05, 0) is 18.2 Å². The maximum atomic E-state index is 12.7. The van der Waals surface area contributed by atoms with Crippen molar-refractivity contribution in [3.63, 3.8) is 0 Å². The molecule has 3 heterocycles. The highest BCUT2D eigenvalue weighted by Crippen LogP contribution is 2.17. The number of ether oxygens (including phenoxy) is 1. The Morgan fingerprint density at radius 1 is 1.19 bits per heavy atom. The molecule has 1 amide bonds. The number of aryl methyl sites for hydroxylation is 2. The zero-order valence-corrected chi connectivity index (χ0v) is 17.1. The van der Waals surface area contributed by atoms with Crippen molar-refractivity contribution in [2.24, 2.45) is 14.1 Å². The van der Waals surface area contributed by atoms with Crippen LogP contribution in [0.15, 0.2) is 58.6 Å². The van der Waals surface area contributed by atoms with E-state index in [2.05, 4.69) is 15.4 Å². The maximum Gasteiger partial charge on any atom is 0.332 e. The zero-order chi connectivity index (χ0) is 22.0. The van der Waals surface area contributed by atoms with Crippen LogP contribution in [-0.2, 0) is 32.0 Å². The topological polar surface area (TPSA) is 118 Å². The molecular formula is C20H21N7O4. The number of imidazole rings is 1. The van der Waals surface area contributed by atoms with Crippen molar-refractivity contribution >= 4 is 22.8 Å². The first-order valence-electron chi connectivity index (χ1n) is 9.55. The van der Waals surface area contributed by atoms with Crippen molar-refractivity contribution in [2.45, 2.75) is 13.1 Å². The molecule has 0 aliphatic carbocycles. The molecule has 4 rings (SSSR count). The van der Waals surface area contributed by atoms with Crippen LogP contribution in [0.5, 0.6) is 5.75 Å². The van der Waals surface area contributed by atoms with Gasteiger partial charge in [-0.3, -0.25) is 18.8 Å². The first-order chi connectivity index (χ1) is 14.9. The molecule has 3 aromatic heterocycles. The number of fused-ring (bicyclic) bond motifs is 1. The van der Waals surface area contributed by atoms with Crippen molar-refractivity contribution in [1.29, 1.82) is 0 Å². The number of amides is 1. The second kappa shape index (κ2) is 8.30. The van der Waals surface area contributed by atoms with E-state index < -0.39 is 23.7 Å². The fourth-order valence-electron chi connectivity index (χ4n) is 3.23. The Morgan fingerprint density at radius 3 is 2.81 bits per heavy atom. The zero-order valence-electron chi connectivity index (χ0n) is 17.1. The Kier molecular flexibility index (Phi) is 5.39. The first-order valence-corrected chi connectivity index (χ1v) is 9.55. The van der Waals surface area contributed by atoms with Crippen molar-refractivity contribution in [2.75, 3.05) is 11.9 Å². The second-order valence-corrected chi connectivity index (χ2v) is 6.95. The number of rotatable bonds is 7. The predicted octanol–water partition coefficient (Wildman–Crippen LogP) is 0.348. The molecule has 0 aliphatic rings. The summed E-state index contributed by atoms with van der Waals surface area (Å²) in [5.41, 5.74) is -0.157. The second-order valence-electron chi connectivity index (χ2n) is 6.95. The highest BCUT2D eigenvalue weighted by atomic mass is 16.5. The summed E-state index contributed by atoms with van der Waals surface area (Å²) in [6, 6.07) is 8.72. The minimum Gasteiger partial charge on any atom is -0.492 e. The Balaban J connectivity index is 1.46. The number of carbonyl (C=O) groups is 1. The summed E-state index contributed by atoms with van der Waals surface area (Å²) in [6.45, 7) is 0.582. The van der Waals surface area contributed by atoms with Gasteiger partial charge >= 0.3 is 5.69 Å². The van der Waals surface area contributed by atoms with Crippen LogP contribution in [0.2, 0.25) is 0 Å². The van der Waals surface area contributed by atoms with E-state index in [-0.39, 0.29) is 11.2 Å². The van der Waals surface area contributed by atoms with Gasteiger partial charge < -0.3 is 14.6 Å². The van der Waals surface area contributed by atoms with Crippen molar-refractivity contribution in [3.8, 4) is 5.75 Å². The number of benzene rings is 1. The monoisotopic (exact) mass is 423 g/mol. The molecule has 0 saturated carbocycles. The number of aromatic nitrogens is 6. The third-order valence-electron chi connectivity index (χ3n) is 4.77. The molecule has 4 aromatic rings. The van der Waals surface area contributed by atoms with Gasteiger partial charge in [0.1, 0.15) is 18.9 Å². The molecule has 0 bridgehead atoms. The molecule has 0 atom stereocenters. The third kappa shape index (κ3) is 4.10. The van der Waals surface area contributed by atoms with Crippen molar-refractivity contribution < 1.29 is 9.53 Å². The smallest absolute Gasteiger partial charge is 0.332 e. The molecule has 0 saturated heterocycles. The van der Waals surface area contributed by atoms with Gasteiger partial charge in [-0.25, -0.2) is 14.3 Å². The van der Waals surface area contributed by atoms with E-state index in [1.54, 1.807) is 42.2 Å². The summed E-state index contributed by atoms with van der Waals surface area (Å²) in [6.07, 6.45) is 4.99. The fourth-order valence-corrected chi connectivity index (χ4v) is 3.23. The predicted molar refractivity (Wildman–Crippen MR) is 113 cm³/mol. The van der Waals surface area contributed by atoms with Gasteiger partial charge in [0.25, 0.3) is 5.56 Å². The molecule has 1 N–H and O–H groups in total. The molecular weight excluding hydrogens is 402 g/mol. The third-order valence-corrected chi connectivity index (χ3v) is 4.77. The summed E-state index contributed by atoms with van der Waals surface area (Å²) < 4.78 is 11.1. The SMILES string of the molecule is Cn1cnc2c1c(=O)n(CC(=O)Nc1cccc(OCCn3cccn3)c1)c(=O)n2C. The van der Waals surface area contributed by atoms with E-state index in [9.17, 15) is 14.4 Å². The summed E-state index contributed by atoms with van der Waals surface area (Å²) in [7, 11) is 3.17. The number of hydrogen-bond acceptors (Lipinski definition) is 6. The van der Waals surface area contributed by atoms with Crippen LogP contribution >= 0.6 is 0 Å². The lowest BCUT2D eigenvalue weighted by atomic mass is 10.3. The first kappa shape index (κ1) is 20.1. The molecule has 1 aromatic carbocycles. The van der Waals surface area contributed by atoms with Crippen molar-refractivity contribution in [1.82, 2.24) is 28.5 Å². The minimum absolute atomic E-state index is 0.252. The van der Waals surface area contributed by atoms with E-state index in [0.717, 1.165) is 4.57 Å². The quantitative estimate of drug-likeness (QED) is 0.458.